The van der Waals surface area contributed by atoms with E-state index in [2.05, 4.69) is 5.32 Å². The molecular weight excluding hydrogens is 424 g/mol. The summed E-state index contributed by atoms with van der Waals surface area (Å²) in [5.41, 5.74) is 2.22. The third-order valence-electron chi connectivity index (χ3n) is 4.76. The molecule has 0 radical (unpaired) electrons. The zero-order valence-electron chi connectivity index (χ0n) is 18.4. The minimum Gasteiger partial charge on any atom is -0.491 e. The summed E-state index contributed by atoms with van der Waals surface area (Å²) >= 11 is 0. The molecule has 3 rings (SSSR count). The quantitative estimate of drug-likeness (QED) is 0.529. The summed E-state index contributed by atoms with van der Waals surface area (Å²) in [6.45, 7) is 3.49. The summed E-state index contributed by atoms with van der Waals surface area (Å²) < 4.78 is 31.7. The molecule has 0 fully saturated rings. The van der Waals surface area contributed by atoms with E-state index in [4.69, 9.17) is 4.74 Å². The Morgan fingerprint density at radius 2 is 1.38 bits per heavy atom. The molecule has 0 spiro atoms. The summed E-state index contributed by atoms with van der Waals surface area (Å²) in [5.74, 6) is 0.227. The molecule has 1 amide bonds. The Bertz CT molecular complexity index is 1080. The Balaban J connectivity index is 1.82. The van der Waals surface area contributed by atoms with E-state index in [0.717, 1.165) is 21.7 Å². The monoisotopic (exact) mass is 452 g/mol. The molecular formula is C25H28N2O4S. The fourth-order valence-electron chi connectivity index (χ4n) is 3.35. The SMILES string of the molecule is CC(C)Oc1ccc(N(CC(=O)NC(c2ccccc2)c2ccccc2)S(C)(=O)=O)cc1. The maximum Gasteiger partial charge on any atom is 0.241 e. The van der Waals surface area contributed by atoms with Gasteiger partial charge >= 0.3 is 0 Å². The minimum atomic E-state index is -3.68. The zero-order chi connectivity index (χ0) is 23.1. The summed E-state index contributed by atoms with van der Waals surface area (Å²) in [6, 6.07) is 25.4. The predicted octanol–water partition coefficient (Wildman–Crippen LogP) is 4.15. The topological polar surface area (TPSA) is 75.7 Å². The largest absolute Gasteiger partial charge is 0.491 e. The summed E-state index contributed by atoms with van der Waals surface area (Å²) in [6.07, 6.45) is 1.09. The fraction of sp³-hybridized carbons (Fsp3) is 0.240. The highest BCUT2D eigenvalue weighted by Crippen LogP contribution is 2.24. The van der Waals surface area contributed by atoms with E-state index in [9.17, 15) is 13.2 Å². The summed E-state index contributed by atoms with van der Waals surface area (Å²) in [7, 11) is -3.68. The highest BCUT2D eigenvalue weighted by atomic mass is 32.2. The van der Waals surface area contributed by atoms with Gasteiger partial charge in [-0.25, -0.2) is 8.42 Å². The number of anilines is 1. The van der Waals surface area contributed by atoms with Crippen molar-refractivity contribution in [2.45, 2.75) is 26.0 Å². The lowest BCUT2D eigenvalue weighted by Gasteiger charge is -2.25. The van der Waals surface area contributed by atoms with Crippen LogP contribution in [0, 0.1) is 0 Å². The van der Waals surface area contributed by atoms with Crippen LogP contribution in [-0.2, 0) is 14.8 Å². The number of hydrogen-bond acceptors (Lipinski definition) is 4. The van der Waals surface area contributed by atoms with Gasteiger partial charge in [-0.15, -0.1) is 0 Å². The van der Waals surface area contributed by atoms with Crippen LogP contribution in [0.3, 0.4) is 0 Å². The first-order valence-corrected chi connectivity index (χ1v) is 12.2. The highest BCUT2D eigenvalue weighted by Gasteiger charge is 2.23. The van der Waals surface area contributed by atoms with Crippen molar-refractivity contribution in [1.29, 1.82) is 0 Å². The first-order valence-electron chi connectivity index (χ1n) is 10.4. The Labute approximate surface area is 189 Å². The van der Waals surface area contributed by atoms with Gasteiger partial charge in [0.1, 0.15) is 12.3 Å². The smallest absolute Gasteiger partial charge is 0.241 e. The fourth-order valence-corrected chi connectivity index (χ4v) is 4.21. The van der Waals surface area contributed by atoms with Gasteiger partial charge in [-0.1, -0.05) is 60.7 Å². The number of ether oxygens (including phenoxy) is 1. The first kappa shape index (κ1) is 23.3. The molecule has 3 aromatic rings. The molecule has 0 atom stereocenters. The van der Waals surface area contributed by atoms with Crippen LogP contribution >= 0.6 is 0 Å². The second kappa shape index (κ2) is 10.3. The molecule has 32 heavy (non-hydrogen) atoms. The summed E-state index contributed by atoms with van der Waals surface area (Å²) in [5, 5.41) is 2.99. The standard InChI is InChI=1S/C25H28N2O4S/c1-19(2)31-23-16-14-22(15-17-23)27(32(3,29)30)18-24(28)26-25(20-10-6-4-7-11-20)21-12-8-5-9-13-21/h4-17,19,25H,18H2,1-3H3,(H,26,28). The molecule has 6 nitrogen and oxygen atoms in total. The van der Waals surface area contributed by atoms with Gasteiger partial charge in [-0.3, -0.25) is 9.10 Å². The van der Waals surface area contributed by atoms with E-state index in [1.54, 1.807) is 24.3 Å². The van der Waals surface area contributed by atoms with E-state index in [0.29, 0.717) is 11.4 Å². The average Bonchev–Trinajstić information content (AvgIpc) is 2.76. The third kappa shape index (κ3) is 6.34. The first-order chi connectivity index (χ1) is 15.2. The molecule has 0 aliphatic rings. The molecule has 0 saturated carbocycles. The van der Waals surface area contributed by atoms with Gasteiger partial charge in [0.05, 0.1) is 24.1 Å². The third-order valence-corrected chi connectivity index (χ3v) is 5.90. The molecule has 3 aromatic carbocycles. The number of carbonyl (C=O) groups is 1. The Kier molecular flexibility index (Phi) is 7.53. The second-order valence-electron chi connectivity index (χ2n) is 7.75. The number of benzene rings is 3. The number of rotatable bonds is 9. The molecule has 0 aromatic heterocycles. The molecule has 0 unspecified atom stereocenters. The Morgan fingerprint density at radius 3 is 1.81 bits per heavy atom. The van der Waals surface area contributed by atoms with Crippen LogP contribution in [0.5, 0.6) is 5.75 Å². The number of sulfonamides is 1. The van der Waals surface area contributed by atoms with Crippen LogP contribution in [0.15, 0.2) is 84.9 Å². The molecule has 0 aliphatic heterocycles. The molecule has 0 bridgehead atoms. The van der Waals surface area contributed by atoms with Crippen molar-refractivity contribution in [3.8, 4) is 5.75 Å². The highest BCUT2D eigenvalue weighted by molar-refractivity contribution is 7.92. The van der Waals surface area contributed by atoms with Gasteiger partial charge in [0.2, 0.25) is 15.9 Å². The van der Waals surface area contributed by atoms with Crippen molar-refractivity contribution in [1.82, 2.24) is 5.32 Å². The number of nitrogens with zero attached hydrogens (tertiary/aromatic N) is 1. The maximum absolute atomic E-state index is 13.0. The second-order valence-corrected chi connectivity index (χ2v) is 9.66. The number of nitrogens with one attached hydrogen (secondary N) is 1. The number of hydrogen-bond donors (Lipinski definition) is 1. The van der Waals surface area contributed by atoms with Crippen molar-refractivity contribution < 1.29 is 17.9 Å². The number of amides is 1. The van der Waals surface area contributed by atoms with Crippen molar-refractivity contribution in [3.63, 3.8) is 0 Å². The van der Waals surface area contributed by atoms with Gasteiger partial charge in [-0.2, -0.15) is 0 Å². The average molecular weight is 453 g/mol. The van der Waals surface area contributed by atoms with Crippen LogP contribution in [0.2, 0.25) is 0 Å². The van der Waals surface area contributed by atoms with Crippen molar-refractivity contribution in [3.05, 3.63) is 96.1 Å². The molecule has 0 saturated heterocycles. The van der Waals surface area contributed by atoms with Crippen LogP contribution in [0.1, 0.15) is 31.0 Å². The number of carbonyl (C=O) groups excluding carboxylic acids is 1. The Morgan fingerprint density at radius 1 is 0.875 bits per heavy atom. The van der Waals surface area contributed by atoms with Gasteiger partial charge in [0.25, 0.3) is 0 Å². The van der Waals surface area contributed by atoms with Gasteiger partial charge in [0, 0.05) is 0 Å². The zero-order valence-corrected chi connectivity index (χ0v) is 19.2. The normalized spacial score (nSPS) is 11.4. The molecule has 7 heteroatoms. The van der Waals surface area contributed by atoms with E-state index in [1.165, 1.54) is 0 Å². The molecule has 0 heterocycles. The molecule has 1 N–H and O–H groups in total. The predicted molar refractivity (Wildman–Crippen MR) is 127 cm³/mol. The lowest BCUT2D eigenvalue weighted by Crippen LogP contribution is -2.41. The van der Waals surface area contributed by atoms with E-state index in [-0.39, 0.29) is 12.6 Å². The molecule has 168 valence electrons. The van der Waals surface area contributed by atoms with E-state index < -0.39 is 22.0 Å². The van der Waals surface area contributed by atoms with E-state index in [1.807, 2.05) is 74.5 Å². The van der Waals surface area contributed by atoms with Crippen LogP contribution < -0.4 is 14.4 Å². The lowest BCUT2D eigenvalue weighted by molar-refractivity contribution is -0.120. The van der Waals surface area contributed by atoms with Gasteiger partial charge < -0.3 is 10.1 Å². The van der Waals surface area contributed by atoms with E-state index >= 15 is 0 Å². The van der Waals surface area contributed by atoms with Crippen LogP contribution in [0.25, 0.3) is 0 Å². The van der Waals surface area contributed by atoms with Crippen LogP contribution in [0.4, 0.5) is 5.69 Å². The maximum atomic E-state index is 13.0. The van der Waals surface area contributed by atoms with Crippen molar-refractivity contribution in [2.75, 3.05) is 17.1 Å². The van der Waals surface area contributed by atoms with Gasteiger partial charge in [0.15, 0.2) is 0 Å². The van der Waals surface area contributed by atoms with Crippen LogP contribution in [-0.4, -0.2) is 33.2 Å². The molecule has 0 aliphatic carbocycles. The lowest BCUT2D eigenvalue weighted by atomic mass is 9.99. The van der Waals surface area contributed by atoms with Crippen molar-refractivity contribution in [2.24, 2.45) is 0 Å². The Hall–Kier alpha value is -3.32. The minimum absolute atomic E-state index is 0.00513. The summed E-state index contributed by atoms with van der Waals surface area (Å²) in [4.78, 5) is 13.0. The van der Waals surface area contributed by atoms with Crippen molar-refractivity contribution >= 4 is 21.6 Å². The van der Waals surface area contributed by atoms with Gasteiger partial charge in [-0.05, 0) is 49.2 Å².